The minimum atomic E-state index is -0.496. The van der Waals surface area contributed by atoms with Gasteiger partial charge in [0.2, 0.25) is 0 Å². The van der Waals surface area contributed by atoms with E-state index in [1.165, 1.54) is 18.3 Å². The van der Waals surface area contributed by atoms with Crippen LogP contribution in [0.15, 0.2) is 0 Å². The lowest BCUT2D eigenvalue weighted by molar-refractivity contribution is 0.0517. The summed E-state index contributed by atoms with van der Waals surface area (Å²) in [5.41, 5.74) is 0.188. The van der Waals surface area contributed by atoms with Gasteiger partial charge in [-0.05, 0) is 32.9 Å². The van der Waals surface area contributed by atoms with Crippen LogP contribution in [0.2, 0.25) is 0 Å². The normalized spacial score (nSPS) is 16.3. The van der Waals surface area contributed by atoms with E-state index in [1.807, 2.05) is 0 Å². The van der Waals surface area contributed by atoms with Crippen LogP contribution in [0.25, 0.3) is 0 Å². The van der Waals surface area contributed by atoms with Crippen molar-refractivity contribution in [1.29, 1.82) is 0 Å². The van der Waals surface area contributed by atoms with Crippen LogP contribution in [0.3, 0.4) is 0 Å². The monoisotopic (exact) mass is 282 g/mol. The number of thiazole rings is 1. The van der Waals surface area contributed by atoms with Crippen LogP contribution in [0.1, 0.15) is 57.8 Å². The molecule has 0 saturated carbocycles. The molecule has 2 heterocycles. The zero-order chi connectivity index (χ0) is 13.8. The second kappa shape index (κ2) is 6.25. The van der Waals surface area contributed by atoms with E-state index in [2.05, 4.69) is 10.3 Å². The lowest BCUT2D eigenvalue weighted by Gasteiger charge is -2.20. The van der Waals surface area contributed by atoms with Gasteiger partial charge in [-0.15, -0.1) is 11.3 Å². The molecule has 1 fully saturated rings. The number of hydrogen-bond acceptors (Lipinski definition) is 6. The van der Waals surface area contributed by atoms with Gasteiger partial charge in [-0.25, -0.2) is 9.78 Å². The van der Waals surface area contributed by atoms with E-state index in [0.717, 1.165) is 30.9 Å². The summed E-state index contributed by atoms with van der Waals surface area (Å²) in [5.74, 6) is -0.280. The largest absolute Gasteiger partial charge is 0.461 e. The standard InChI is InChI=1S/C13H18N2O3S/c1-3-18-13(17)10-11(8(2)16)19-12(15-10)9-4-6-14-7-5-9/h9,14H,3-7H2,1-2H3. The molecule has 0 spiro atoms. The molecule has 2 rings (SSSR count). The lowest BCUT2D eigenvalue weighted by atomic mass is 9.99. The third kappa shape index (κ3) is 3.19. The number of carbonyl (C=O) groups is 2. The molecular formula is C13H18N2O3S. The third-order valence-corrected chi connectivity index (χ3v) is 4.44. The average molecular weight is 282 g/mol. The van der Waals surface area contributed by atoms with E-state index >= 15 is 0 Å². The molecule has 6 heteroatoms. The number of ketones is 1. The van der Waals surface area contributed by atoms with Crippen LogP contribution in [-0.4, -0.2) is 36.4 Å². The molecule has 5 nitrogen and oxygen atoms in total. The fraction of sp³-hybridized carbons (Fsp3) is 0.615. The van der Waals surface area contributed by atoms with Gasteiger partial charge in [-0.2, -0.15) is 0 Å². The van der Waals surface area contributed by atoms with Gasteiger partial charge in [0.1, 0.15) is 4.88 Å². The first-order chi connectivity index (χ1) is 9.13. The molecule has 0 unspecified atom stereocenters. The van der Waals surface area contributed by atoms with Gasteiger partial charge in [0.25, 0.3) is 0 Å². The van der Waals surface area contributed by atoms with Gasteiger partial charge in [0.05, 0.1) is 11.6 Å². The molecule has 1 aliphatic rings. The number of aromatic nitrogens is 1. The molecule has 1 saturated heterocycles. The van der Waals surface area contributed by atoms with Crippen molar-refractivity contribution in [3.05, 3.63) is 15.6 Å². The Morgan fingerprint density at radius 3 is 2.68 bits per heavy atom. The SMILES string of the molecule is CCOC(=O)c1nc(C2CCNCC2)sc1C(C)=O. The summed E-state index contributed by atoms with van der Waals surface area (Å²) in [6, 6.07) is 0. The third-order valence-electron chi connectivity index (χ3n) is 3.12. The molecule has 19 heavy (non-hydrogen) atoms. The van der Waals surface area contributed by atoms with E-state index in [-0.39, 0.29) is 18.1 Å². The van der Waals surface area contributed by atoms with Crippen LogP contribution >= 0.6 is 11.3 Å². The van der Waals surface area contributed by atoms with Gasteiger partial charge >= 0.3 is 5.97 Å². The van der Waals surface area contributed by atoms with Gasteiger partial charge in [-0.3, -0.25) is 4.79 Å². The molecule has 104 valence electrons. The minimum absolute atomic E-state index is 0.124. The number of nitrogens with one attached hydrogen (secondary N) is 1. The Kier molecular flexibility index (Phi) is 4.66. The number of Topliss-reactive ketones (excluding diaryl/α,β-unsaturated/α-hetero) is 1. The Balaban J connectivity index is 2.28. The van der Waals surface area contributed by atoms with Crippen molar-refractivity contribution < 1.29 is 14.3 Å². The van der Waals surface area contributed by atoms with Gasteiger partial charge in [0, 0.05) is 12.8 Å². The van der Waals surface area contributed by atoms with Crippen molar-refractivity contribution >= 4 is 23.1 Å². The highest BCUT2D eigenvalue weighted by Crippen LogP contribution is 2.31. The van der Waals surface area contributed by atoms with Crippen LogP contribution in [0.5, 0.6) is 0 Å². The summed E-state index contributed by atoms with van der Waals surface area (Å²) < 4.78 is 4.96. The topological polar surface area (TPSA) is 68.3 Å². The van der Waals surface area contributed by atoms with Crippen molar-refractivity contribution in [3.8, 4) is 0 Å². The fourth-order valence-corrected chi connectivity index (χ4v) is 3.27. The molecule has 0 bridgehead atoms. The molecule has 0 radical (unpaired) electrons. The van der Waals surface area contributed by atoms with E-state index in [0.29, 0.717) is 10.8 Å². The predicted molar refractivity (Wildman–Crippen MR) is 72.9 cm³/mol. The Labute approximate surface area is 116 Å². The molecule has 0 amide bonds. The highest BCUT2D eigenvalue weighted by molar-refractivity contribution is 7.14. The first-order valence-corrected chi connectivity index (χ1v) is 7.34. The number of hydrogen-bond donors (Lipinski definition) is 1. The Morgan fingerprint density at radius 1 is 1.42 bits per heavy atom. The molecule has 1 aromatic rings. The van der Waals surface area contributed by atoms with E-state index in [4.69, 9.17) is 4.74 Å². The lowest BCUT2D eigenvalue weighted by Crippen LogP contribution is -2.26. The summed E-state index contributed by atoms with van der Waals surface area (Å²) in [4.78, 5) is 28.2. The number of nitrogens with zero attached hydrogens (tertiary/aromatic N) is 1. The quantitative estimate of drug-likeness (QED) is 0.675. The Morgan fingerprint density at radius 2 is 2.11 bits per heavy atom. The summed E-state index contributed by atoms with van der Waals surface area (Å²) in [5, 5.41) is 4.17. The number of piperidine rings is 1. The molecule has 1 aromatic heterocycles. The summed E-state index contributed by atoms with van der Waals surface area (Å²) in [7, 11) is 0. The fourth-order valence-electron chi connectivity index (χ4n) is 2.16. The number of ether oxygens (including phenoxy) is 1. The van der Waals surface area contributed by atoms with E-state index in [1.54, 1.807) is 6.92 Å². The maximum Gasteiger partial charge on any atom is 0.358 e. The highest BCUT2D eigenvalue weighted by Gasteiger charge is 2.26. The second-order valence-electron chi connectivity index (χ2n) is 4.53. The number of carbonyl (C=O) groups excluding carboxylic acids is 2. The van der Waals surface area contributed by atoms with Crippen molar-refractivity contribution in [1.82, 2.24) is 10.3 Å². The van der Waals surface area contributed by atoms with E-state index in [9.17, 15) is 9.59 Å². The zero-order valence-corrected chi connectivity index (χ0v) is 12.0. The van der Waals surface area contributed by atoms with Gasteiger partial charge < -0.3 is 10.1 Å². The summed E-state index contributed by atoms with van der Waals surface area (Å²) >= 11 is 1.34. The smallest absolute Gasteiger partial charge is 0.358 e. The summed E-state index contributed by atoms with van der Waals surface area (Å²) in [6.45, 7) is 5.40. The van der Waals surface area contributed by atoms with Crippen LogP contribution in [-0.2, 0) is 4.74 Å². The first kappa shape index (κ1) is 14.1. The molecule has 1 aliphatic heterocycles. The van der Waals surface area contributed by atoms with Crippen LogP contribution in [0.4, 0.5) is 0 Å². The average Bonchev–Trinajstić information content (AvgIpc) is 2.85. The maximum absolute atomic E-state index is 11.8. The number of rotatable bonds is 4. The van der Waals surface area contributed by atoms with Gasteiger partial charge in [-0.1, -0.05) is 0 Å². The predicted octanol–water partition coefficient (Wildman–Crippen LogP) is 1.99. The molecule has 0 atom stereocenters. The van der Waals surface area contributed by atoms with Gasteiger partial charge in [0.15, 0.2) is 11.5 Å². The highest BCUT2D eigenvalue weighted by atomic mass is 32.1. The molecule has 0 aliphatic carbocycles. The van der Waals surface area contributed by atoms with Crippen LogP contribution < -0.4 is 5.32 Å². The maximum atomic E-state index is 11.8. The minimum Gasteiger partial charge on any atom is -0.461 e. The Hall–Kier alpha value is -1.27. The van der Waals surface area contributed by atoms with Crippen molar-refractivity contribution in [2.75, 3.05) is 19.7 Å². The summed E-state index contributed by atoms with van der Waals surface area (Å²) in [6.07, 6.45) is 1.99. The molecule has 1 N–H and O–H groups in total. The zero-order valence-electron chi connectivity index (χ0n) is 11.2. The Bertz CT molecular complexity index is 478. The molecule has 0 aromatic carbocycles. The van der Waals surface area contributed by atoms with Crippen LogP contribution in [0, 0.1) is 0 Å². The van der Waals surface area contributed by atoms with Crippen molar-refractivity contribution in [2.45, 2.75) is 32.6 Å². The van der Waals surface area contributed by atoms with E-state index < -0.39 is 5.97 Å². The number of esters is 1. The van der Waals surface area contributed by atoms with Crippen molar-refractivity contribution in [3.63, 3.8) is 0 Å². The second-order valence-corrected chi connectivity index (χ2v) is 5.56. The van der Waals surface area contributed by atoms with Crippen molar-refractivity contribution in [2.24, 2.45) is 0 Å². The molecular weight excluding hydrogens is 264 g/mol. The first-order valence-electron chi connectivity index (χ1n) is 6.53.